The van der Waals surface area contributed by atoms with Crippen molar-refractivity contribution in [2.45, 2.75) is 71.1 Å². The van der Waals surface area contributed by atoms with Crippen LogP contribution in [-0.2, 0) is 16.1 Å². The highest BCUT2D eigenvalue weighted by atomic mass is 16.6. The Kier molecular flexibility index (Phi) is 8.32. The Hall–Kier alpha value is -4.21. The van der Waals surface area contributed by atoms with Crippen LogP contribution in [-0.4, -0.2) is 52.8 Å². The lowest BCUT2D eigenvalue weighted by Crippen LogP contribution is -2.40. The van der Waals surface area contributed by atoms with Crippen LogP contribution in [0.1, 0.15) is 89.5 Å². The SMILES string of the molecule is CC(C)(C)OC(=O)NCC(=O)NCc1ccc(NC(=O)c2ccc3c(c2)C(=O)N(C2CCCCC2)C3=O)cc1. The van der Waals surface area contributed by atoms with Crippen LogP contribution in [0.2, 0.25) is 0 Å². The molecule has 5 amide bonds. The van der Waals surface area contributed by atoms with Crippen molar-refractivity contribution in [1.82, 2.24) is 15.5 Å². The average Bonchev–Trinajstić information content (AvgIpc) is 3.15. The monoisotopic (exact) mass is 534 g/mol. The molecule has 1 aliphatic heterocycles. The maximum atomic E-state index is 13.0. The van der Waals surface area contributed by atoms with Crippen LogP contribution in [0.3, 0.4) is 0 Å². The lowest BCUT2D eigenvalue weighted by Gasteiger charge is -2.29. The number of benzene rings is 2. The Morgan fingerprint density at radius 1 is 0.897 bits per heavy atom. The smallest absolute Gasteiger partial charge is 0.408 e. The van der Waals surface area contributed by atoms with Crippen LogP contribution >= 0.6 is 0 Å². The van der Waals surface area contributed by atoms with Crippen LogP contribution in [0.15, 0.2) is 42.5 Å². The summed E-state index contributed by atoms with van der Waals surface area (Å²) in [5, 5.41) is 7.90. The molecule has 206 valence electrons. The van der Waals surface area contributed by atoms with Crippen LogP contribution in [0.4, 0.5) is 10.5 Å². The van der Waals surface area contributed by atoms with Crippen molar-refractivity contribution in [3.63, 3.8) is 0 Å². The number of hydrogen-bond donors (Lipinski definition) is 3. The molecule has 2 aliphatic rings. The number of hydrogen-bond acceptors (Lipinski definition) is 6. The highest BCUT2D eigenvalue weighted by Gasteiger charge is 2.40. The van der Waals surface area contributed by atoms with E-state index in [-0.39, 0.29) is 48.0 Å². The highest BCUT2D eigenvalue weighted by molar-refractivity contribution is 6.22. The number of imide groups is 1. The molecule has 0 saturated heterocycles. The number of nitrogens with one attached hydrogen (secondary N) is 3. The number of alkyl carbamates (subject to hydrolysis) is 1. The second kappa shape index (κ2) is 11.7. The molecule has 2 aromatic rings. The summed E-state index contributed by atoms with van der Waals surface area (Å²) in [5.41, 5.74) is 1.58. The van der Waals surface area contributed by atoms with Gasteiger partial charge < -0.3 is 20.7 Å². The van der Waals surface area contributed by atoms with E-state index in [9.17, 15) is 24.0 Å². The zero-order chi connectivity index (χ0) is 28.2. The number of nitrogens with zero attached hydrogens (tertiary/aromatic N) is 1. The largest absolute Gasteiger partial charge is 0.444 e. The first-order valence-electron chi connectivity index (χ1n) is 13.2. The van der Waals surface area contributed by atoms with Crippen molar-refractivity contribution in [2.24, 2.45) is 0 Å². The molecule has 1 aliphatic carbocycles. The number of amides is 5. The van der Waals surface area contributed by atoms with Gasteiger partial charge in [-0.15, -0.1) is 0 Å². The summed E-state index contributed by atoms with van der Waals surface area (Å²) >= 11 is 0. The Morgan fingerprint density at radius 3 is 2.23 bits per heavy atom. The van der Waals surface area contributed by atoms with Crippen LogP contribution in [0.25, 0.3) is 0 Å². The summed E-state index contributed by atoms with van der Waals surface area (Å²) in [6.45, 7) is 5.23. The molecule has 0 unspecified atom stereocenters. The summed E-state index contributed by atoms with van der Waals surface area (Å²) in [6.07, 6.45) is 4.10. The van der Waals surface area contributed by atoms with E-state index >= 15 is 0 Å². The van der Waals surface area contributed by atoms with Gasteiger partial charge in [-0.2, -0.15) is 0 Å². The van der Waals surface area contributed by atoms with E-state index in [1.807, 2.05) is 0 Å². The molecule has 2 aromatic carbocycles. The minimum Gasteiger partial charge on any atom is -0.444 e. The molecule has 1 fully saturated rings. The van der Waals surface area contributed by atoms with E-state index < -0.39 is 17.6 Å². The molecule has 10 heteroatoms. The zero-order valence-electron chi connectivity index (χ0n) is 22.5. The Bertz CT molecular complexity index is 1280. The minimum absolute atomic E-state index is 0.0760. The van der Waals surface area contributed by atoms with Gasteiger partial charge in [0.1, 0.15) is 12.1 Å². The van der Waals surface area contributed by atoms with Gasteiger partial charge in [0.05, 0.1) is 11.1 Å². The Morgan fingerprint density at radius 2 is 1.56 bits per heavy atom. The first-order valence-corrected chi connectivity index (χ1v) is 13.2. The predicted molar refractivity (Wildman–Crippen MR) is 144 cm³/mol. The zero-order valence-corrected chi connectivity index (χ0v) is 22.5. The van der Waals surface area contributed by atoms with Crippen molar-refractivity contribution in [3.8, 4) is 0 Å². The normalized spacial score (nSPS) is 15.5. The molecule has 0 radical (unpaired) electrons. The summed E-state index contributed by atoms with van der Waals surface area (Å²) in [6, 6.07) is 11.4. The molecule has 1 saturated carbocycles. The maximum absolute atomic E-state index is 13.0. The van der Waals surface area contributed by atoms with Gasteiger partial charge in [0, 0.05) is 23.8 Å². The first-order chi connectivity index (χ1) is 18.5. The van der Waals surface area contributed by atoms with Crippen molar-refractivity contribution in [3.05, 3.63) is 64.7 Å². The number of ether oxygens (including phenoxy) is 1. The number of anilines is 1. The second-order valence-electron chi connectivity index (χ2n) is 10.8. The molecular weight excluding hydrogens is 500 g/mol. The molecule has 0 bridgehead atoms. The van der Waals surface area contributed by atoms with Gasteiger partial charge in [0.25, 0.3) is 17.7 Å². The number of carbonyl (C=O) groups is 5. The molecular formula is C29H34N4O6. The van der Waals surface area contributed by atoms with E-state index in [4.69, 9.17) is 4.74 Å². The fraction of sp³-hybridized carbons (Fsp3) is 0.414. The maximum Gasteiger partial charge on any atom is 0.408 e. The standard InChI is InChI=1S/C29H34N4O6/c1-29(2,3)39-28(38)31-17-24(34)30-16-18-9-12-20(13-10-18)32-25(35)19-11-14-22-23(15-19)27(37)33(26(22)36)21-7-5-4-6-8-21/h9-15,21H,4-8,16-17H2,1-3H3,(H,30,34)(H,31,38)(H,32,35). The van der Waals surface area contributed by atoms with Crippen molar-refractivity contribution < 1.29 is 28.7 Å². The van der Waals surface area contributed by atoms with E-state index in [2.05, 4.69) is 16.0 Å². The molecule has 0 atom stereocenters. The third kappa shape index (κ3) is 7.01. The summed E-state index contributed by atoms with van der Waals surface area (Å²) in [4.78, 5) is 63.8. The van der Waals surface area contributed by atoms with Gasteiger partial charge in [-0.3, -0.25) is 24.1 Å². The Labute approximate surface area is 227 Å². The van der Waals surface area contributed by atoms with Gasteiger partial charge in [0.15, 0.2) is 0 Å². The molecule has 4 rings (SSSR count). The second-order valence-corrected chi connectivity index (χ2v) is 10.8. The molecule has 3 N–H and O–H groups in total. The van der Waals surface area contributed by atoms with Gasteiger partial charge in [-0.05, 0) is 69.5 Å². The summed E-state index contributed by atoms with van der Waals surface area (Å²) in [5.74, 6) is -1.38. The van der Waals surface area contributed by atoms with E-state index in [1.54, 1.807) is 57.2 Å². The number of fused-ring (bicyclic) bond motifs is 1. The molecule has 1 heterocycles. The van der Waals surface area contributed by atoms with Gasteiger partial charge in [0.2, 0.25) is 5.91 Å². The predicted octanol–water partition coefficient (Wildman–Crippen LogP) is 4.01. The topological polar surface area (TPSA) is 134 Å². The summed E-state index contributed by atoms with van der Waals surface area (Å²) in [7, 11) is 0. The van der Waals surface area contributed by atoms with Crippen LogP contribution < -0.4 is 16.0 Å². The quantitative estimate of drug-likeness (QED) is 0.460. The number of carbonyl (C=O) groups excluding carboxylic acids is 5. The van der Waals surface area contributed by atoms with Crippen molar-refractivity contribution in [2.75, 3.05) is 11.9 Å². The lowest BCUT2D eigenvalue weighted by atomic mass is 9.94. The van der Waals surface area contributed by atoms with E-state index in [1.165, 1.54) is 11.0 Å². The van der Waals surface area contributed by atoms with Crippen LogP contribution in [0.5, 0.6) is 0 Å². The minimum atomic E-state index is -0.668. The number of rotatable bonds is 7. The first kappa shape index (κ1) is 27.8. The Balaban J connectivity index is 1.29. The van der Waals surface area contributed by atoms with Crippen molar-refractivity contribution >= 4 is 35.4 Å². The van der Waals surface area contributed by atoms with Crippen LogP contribution in [0, 0.1) is 0 Å². The fourth-order valence-electron chi connectivity index (χ4n) is 4.71. The third-order valence-electron chi connectivity index (χ3n) is 6.61. The fourth-order valence-corrected chi connectivity index (χ4v) is 4.71. The van der Waals surface area contributed by atoms with Gasteiger partial charge in [-0.25, -0.2) is 4.79 Å². The van der Waals surface area contributed by atoms with E-state index in [0.29, 0.717) is 11.3 Å². The molecule has 10 nitrogen and oxygen atoms in total. The molecule has 0 aromatic heterocycles. The van der Waals surface area contributed by atoms with Gasteiger partial charge in [-0.1, -0.05) is 31.4 Å². The molecule has 0 spiro atoms. The van der Waals surface area contributed by atoms with Gasteiger partial charge >= 0.3 is 6.09 Å². The third-order valence-corrected chi connectivity index (χ3v) is 6.61. The van der Waals surface area contributed by atoms with E-state index in [0.717, 1.165) is 37.7 Å². The molecule has 39 heavy (non-hydrogen) atoms. The highest BCUT2D eigenvalue weighted by Crippen LogP contribution is 2.31. The lowest BCUT2D eigenvalue weighted by molar-refractivity contribution is -0.120. The average molecular weight is 535 g/mol. The summed E-state index contributed by atoms with van der Waals surface area (Å²) < 4.78 is 5.09. The van der Waals surface area contributed by atoms with Crippen molar-refractivity contribution in [1.29, 1.82) is 0 Å².